The summed E-state index contributed by atoms with van der Waals surface area (Å²) in [5, 5.41) is 4.72. The smallest absolute Gasteiger partial charge is 0.219 e. The molecule has 0 saturated heterocycles. The fourth-order valence-electron chi connectivity index (χ4n) is 1.67. The highest BCUT2D eigenvalue weighted by Gasteiger charge is 2.06. The second-order valence-electron chi connectivity index (χ2n) is 4.42. The molecule has 1 unspecified atom stereocenters. The summed E-state index contributed by atoms with van der Waals surface area (Å²) in [4.78, 5) is 15.4. The van der Waals surface area contributed by atoms with E-state index in [1.807, 2.05) is 38.3 Å². The van der Waals surface area contributed by atoms with Crippen molar-refractivity contribution >= 4 is 35.3 Å². The van der Waals surface area contributed by atoms with Gasteiger partial charge in [-0.3, -0.25) is 9.10 Å². The van der Waals surface area contributed by atoms with Crippen molar-refractivity contribution in [3.05, 3.63) is 59.0 Å². The standard InChI is InChI=1S/C16H20N2OS2.C2H6/c1-5-7-15(16-11-20-14(4)17-16)9-8-13(3)10-18(12-19)21-6-2;1-2/h5-9,11-13H,1-2,10H2,3-4H3;1-2H3/b9-8-,15-7+;. The highest BCUT2D eigenvalue weighted by atomic mass is 32.2. The number of aromatic nitrogens is 1. The topological polar surface area (TPSA) is 33.2 Å². The Morgan fingerprint density at radius 3 is 2.65 bits per heavy atom. The van der Waals surface area contributed by atoms with Crippen molar-refractivity contribution in [1.82, 2.24) is 9.29 Å². The molecule has 1 amide bonds. The van der Waals surface area contributed by atoms with E-state index in [-0.39, 0.29) is 5.92 Å². The van der Waals surface area contributed by atoms with Gasteiger partial charge in [0.15, 0.2) is 0 Å². The van der Waals surface area contributed by atoms with E-state index in [9.17, 15) is 4.79 Å². The van der Waals surface area contributed by atoms with Crippen molar-refractivity contribution in [3.63, 3.8) is 0 Å². The van der Waals surface area contributed by atoms with Crippen LogP contribution in [0.15, 0.2) is 48.3 Å². The van der Waals surface area contributed by atoms with Crippen molar-refractivity contribution in [3.8, 4) is 0 Å². The lowest BCUT2D eigenvalue weighted by molar-refractivity contribution is -0.113. The molecular formula is C18H26N2OS2. The molecule has 0 aliphatic rings. The maximum Gasteiger partial charge on any atom is 0.219 e. The van der Waals surface area contributed by atoms with Crippen molar-refractivity contribution in [2.75, 3.05) is 6.54 Å². The van der Waals surface area contributed by atoms with Gasteiger partial charge in [-0.1, -0.05) is 58.2 Å². The van der Waals surface area contributed by atoms with Crippen LogP contribution < -0.4 is 0 Å². The minimum absolute atomic E-state index is 0.232. The quantitative estimate of drug-likeness (QED) is 0.335. The lowest BCUT2D eigenvalue weighted by atomic mass is 10.1. The molecular weight excluding hydrogens is 324 g/mol. The van der Waals surface area contributed by atoms with Gasteiger partial charge in [-0.15, -0.1) is 11.3 Å². The van der Waals surface area contributed by atoms with Gasteiger partial charge in [0.2, 0.25) is 6.41 Å². The molecule has 1 aromatic rings. The molecule has 5 heteroatoms. The Balaban J connectivity index is 0.00000232. The molecule has 3 nitrogen and oxygen atoms in total. The molecule has 0 aliphatic heterocycles. The zero-order valence-electron chi connectivity index (χ0n) is 14.4. The number of carbonyl (C=O) groups excluding carboxylic acids is 1. The van der Waals surface area contributed by atoms with E-state index < -0.39 is 0 Å². The van der Waals surface area contributed by atoms with Gasteiger partial charge in [0.25, 0.3) is 0 Å². The number of amides is 1. The summed E-state index contributed by atoms with van der Waals surface area (Å²) in [5.41, 5.74) is 1.98. The van der Waals surface area contributed by atoms with E-state index in [0.717, 1.165) is 22.7 Å². The summed E-state index contributed by atoms with van der Waals surface area (Å²) in [6.45, 7) is 16.0. The van der Waals surface area contributed by atoms with E-state index in [1.165, 1.54) is 11.9 Å². The number of thiazole rings is 1. The molecule has 1 rings (SSSR count). The van der Waals surface area contributed by atoms with Crippen LogP contribution in [-0.2, 0) is 4.79 Å². The molecule has 0 aliphatic carbocycles. The number of rotatable bonds is 9. The fourth-order valence-corrected chi connectivity index (χ4v) is 2.85. The summed E-state index contributed by atoms with van der Waals surface area (Å²) in [6.07, 6.45) is 8.62. The van der Waals surface area contributed by atoms with Crippen LogP contribution in [0.4, 0.5) is 0 Å². The molecule has 0 aromatic carbocycles. The van der Waals surface area contributed by atoms with Crippen molar-refractivity contribution in [1.29, 1.82) is 0 Å². The lowest BCUT2D eigenvalue weighted by Gasteiger charge is -2.16. The van der Waals surface area contributed by atoms with Gasteiger partial charge in [-0.05, 0) is 30.2 Å². The molecule has 1 heterocycles. The normalized spacial score (nSPS) is 12.3. The van der Waals surface area contributed by atoms with Crippen LogP contribution in [-0.4, -0.2) is 22.2 Å². The van der Waals surface area contributed by atoms with Crippen LogP contribution in [0.5, 0.6) is 0 Å². The first-order chi connectivity index (χ1) is 11.1. The molecule has 0 radical (unpaired) electrons. The van der Waals surface area contributed by atoms with Crippen LogP contribution in [0, 0.1) is 12.8 Å². The van der Waals surface area contributed by atoms with Crippen molar-refractivity contribution < 1.29 is 4.79 Å². The van der Waals surface area contributed by atoms with Gasteiger partial charge in [0, 0.05) is 17.5 Å². The van der Waals surface area contributed by atoms with Gasteiger partial charge in [0.1, 0.15) is 0 Å². The van der Waals surface area contributed by atoms with Gasteiger partial charge >= 0.3 is 0 Å². The molecule has 1 atom stereocenters. The summed E-state index contributed by atoms with van der Waals surface area (Å²) in [7, 11) is 0. The van der Waals surface area contributed by atoms with Crippen LogP contribution in [0.25, 0.3) is 5.57 Å². The molecule has 0 spiro atoms. The Bertz CT molecular complexity index is 547. The Kier molecular flexibility index (Phi) is 12.0. The Labute approximate surface area is 148 Å². The number of aryl methyl sites for hydroxylation is 1. The lowest BCUT2D eigenvalue weighted by Crippen LogP contribution is -2.18. The maximum absolute atomic E-state index is 10.9. The first kappa shape index (κ1) is 21.4. The van der Waals surface area contributed by atoms with E-state index in [0.29, 0.717) is 6.54 Å². The Hall–Kier alpha value is -1.59. The highest BCUT2D eigenvalue weighted by Crippen LogP contribution is 2.20. The average molecular weight is 351 g/mol. The Morgan fingerprint density at radius 2 is 2.17 bits per heavy atom. The summed E-state index contributed by atoms with van der Waals surface area (Å²) in [5.74, 6) is 0.232. The monoisotopic (exact) mass is 350 g/mol. The van der Waals surface area contributed by atoms with Crippen LogP contribution in [0.2, 0.25) is 0 Å². The second kappa shape index (κ2) is 12.9. The number of allylic oxidation sites excluding steroid dienone is 4. The summed E-state index contributed by atoms with van der Waals surface area (Å²) >= 11 is 2.93. The maximum atomic E-state index is 10.9. The van der Waals surface area contributed by atoms with Crippen LogP contribution in [0.3, 0.4) is 0 Å². The number of hydrogen-bond acceptors (Lipinski definition) is 4. The van der Waals surface area contributed by atoms with E-state index in [4.69, 9.17) is 0 Å². The second-order valence-corrected chi connectivity index (χ2v) is 6.50. The van der Waals surface area contributed by atoms with Crippen LogP contribution in [0.1, 0.15) is 31.5 Å². The van der Waals surface area contributed by atoms with E-state index in [2.05, 4.69) is 31.1 Å². The first-order valence-electron chi connectivity index (χ1n) is 7.53. The molecule has 126 valence electrons. The first-order valence-corrected chi connectivity index (χ1v) is 9.25. The summed E-state index contributed by atoms with van der Waals surface area (Å²) in [6, 6.07) is 0. The average Bonchev–Trinajstić information content (AvgIpc) is 2.99. The zero-order valence-corrected chi connectivity index (χ0v) is 16.0. The highest BCUT2D eigenvalue weighted by molar-refractivity contribution is 8.00. The number of nitrogens with zero attached hydrogens (tertiary/aromatic N) is 2. The van der Waals surface area contributed by atoms with Crippen molar-refractivity contribution in [2.45, 2.75) is 27.7 Å². The van der Waals surface area contributed by atoms with Gasteiger partial charge in [0.05, 0.1) is 10.7 Å². The minimum atomic E-state index is 0.232. The predicted molar refractivity (Wildman–Crippen MR) is 105 cm³/mol. The zero-order chi connectivity index (χ0) is 17.7. The van der Waals surface area contributed by atoms with Gasteiger partial charge < -0.3 is 0 Å². The third-order valence-corrected chi connectivity index (χ3v) is 4.04. The largest absolute Gasteiger partial charge is 0.285 e. The third kappa shape index (κ3) is 8.57. The SMILES string of the molecule is C=C/C=C(\C=C/C(C)CN(C=O)SC=C)c1csc(C)n1.CC. The predicted octanol–water partition coefficient (Wildman–Crippen LogP) is 5.49. The van der Waals surface area contributed by atoms with E-state index in [1.54, 1.807) is 27.1 Å². The molecule has 23 heavy (non-hydrogen) atoms. The molecule has 0 N–H and O–H groups in total. The molecule has 1 aromatic heterocycles. The summed E-state index contributed by atoms with van der Waals surface area (Å²) < 4.78 is 1.62. The Morgan fingerprint density at radius 1 is 1.48 bits per heavy atom. The third-order valence-electron chi connectivity index (χ3n) is 2.61. The van der Waals surface area contributed by atoms with E-state index >= 15 is 0 Å². The molecule has 0 fully saturated rings. The molecule has 0 saturated carbocycles. The minimum Gasteiger partial charge on any atom is -0.285 e. The fraction of sp³-hybridized carbons (Fsp3) is 0.333. The molecule has 0 bridgehead atoms. The van der Waals surface area contributed by atoms with Gasteiger partial charge in [-0.2, -0.15) is 0 Å². The van der Waals surface area contributed by atoms with Crippen molar-refractivity contribution in [2.24, 2.45) is 5.92 Å². The van der Waals surface area contributed by atoms with Crippen LogP contribution >= 0.6 is 23.3 Å². The number of carbonyl (C=O) groups is 1. The number of hydrogen-bond donors (Lipinski definition) is 0. The van der Waals surface area contributed by atoms with Gasteiger partial charge in [-0.25, -0.2) is 4.98 Å².